The lowest BCUT2D eigenvalue weighted by atomic mass is 10.0. The third-order valence-corrected chi connectivity index (χ3v) is 4.23. The molecule has 1 aromatic carbocycles. The van der Waals surface area contributed by atoms with Crippen LogP contribution in [0.15, 0.2) is 18.2 Å². The van der Waals surface area contributed by atoms with Gasteiger partial charge >= 0.3 is 5.97 Å². The molecular weight excluding hydrogens is 392 g/mol. The summed E-state index contributed by atoms with van der Waals surface area (Å²) in [5.74, 6) is -1.91. The molecule has 152 valence electrons. The fourth-order valence-electron chi connectivity index (χ4n) is 2.81. The molecule has 0 spiro atoms. The number of nitrogens with zero attached hydrogens (tertiary/aromatic N) is 2. The van der Waals surface area contributed by atoms with Crippen molar-refractivity contribution in [1.82, 2.24) is 10.2 Å². The van der Waals surface area contributed by atoms with Crippen LogP contribution in [0.2, 0.25) is 5.02 Å². The van der Waals surface area contributed by atoms with Crippen molar-refractivity contribution in [2.24, 2.45) is 5.73 Å². The summed E-state index contributed by atoms with van der Waals surface area (Å²) in [6.07, 6.45) is -1.45. The van der Waals surface area contributed by atoms with Gasteiger partial charge in [0.2, 0.25) is 11.8 Å². The summed E-state index contributed by atoms with van der Waals surface area (Å²) in [5.41, 5.74) is 4.46. The molecule has 2 rings (SSSR count). The molecule has 1 fully saturated rings. The molecule has 10 nitrogen and oxygen atoms in total. The third-order valence-electron chi connectivity index (χ3n) is 3.91. The van der Waals surface area contributed by atoms with Gasteiger partial charge in [-0.05, 0) is 26.8 Å². The molecule has 0 unspecified atom stereocenters. The Balaban J connectivity index is 2.50. The van der Waals surface area contributed by atoms with Crippen molar-refractivity contribution in [1.29, 1.82) is 0 Å². The lowest BCUT2D eigenvalue weighted by Crippen LogP contribution is -2.60. The van der Waals surface area contributed by atoms with E-state index in [9.17, 15) is 24.5 Å². The summed E-state index contributed by atoms with van der Waals surface area (Å²) in [4.78, 5) is 48.9. The van der Waals surface area contributed by atoms with Crippen LogP contribution < -0.4 is 11.1 Å². The van der Waals surface area contributed by atoms with Crippen LogP contribution in [0.3, 0.4) is 0 Å². The van der Waals surface area contributed by atoms with Crippen molar-refractivity contribution in [3.8, 4) is 0 Å². The Labute approximate surface area is 166 Å². The van der Waals surface area contributed by atoms with Crippen LogP contribution in [0.25, 0.3) is 0 Å². The van der Waals surface area contributed by atoms with Gasteiger partial charge in [-0.1, -0.05) is 17.7 Å². The summed E-state index contributed by atoms with van der Waals surface area (Å²) in [7, 11) is 0. The minimum Gasteiger partial charge on any atom is -0.458 e. The molecule has 0 saturated carbocycles. The fourth-order valence-corrected chi connectivity index (χ4v) is 2.99. The zero-order valence-electron chi connectivity index (χ0n) is 15.6. The Kier molecular flexibility index (Phi) is 6.25. The Morgan fingerprint density at radius 3 is 2.61 bits per heavy atom. The van der Waals surface area contributed by atoms with Crippen molar-refractivity contribution in [3.05, 3.63) is 38.9 Å². The van der Waals surface area contributed by atoms with Crippen LogP contribution >= 0.6 is 11.6 Å². The normalized spacial score (nSPS) is 19.8. The molecule has 1 aromatic rings. The average Bonchev–Trinajstić information content (AvgIpc) is 2.59. The third kappa shape index (κ3) is 4.76. The predicted octanol–water partition coefficient (Wildman–Crippen LogP) is 1.26. The number of amides is 2. The molecule has 11 heteroatoms. The highest BCUT2D eigenvalue weighted by molar-refractivity contribution is 6.32. The van der Waals surface area contributed by atoms with Gasteiger partial charge in [-0.2, -0.15) is 0 Å². The number of nitrogens with two attached hydrogens (primary N) is 1. The van der Waals surface area contributed by atoms with Crippen molar-refractivity contribution in [2.75, 3.05) is 6.54 Å². The van der Waals surface area contributed by atoms with Crippen molar-refractivity contribution in [3.63, 3.8) is 0 Å². The van der Waals surface area contributed by atoms with E-state index in [0.29, 0.717) is 0 Å². The molecule has 0 aliphatic carbocycles. The number of ether oxygens (including phenoxy) is 1. The molecule has 2 atom stereocenters. The molecule has 1 aliphatic heterocycles. The standard InChI is InChI=1S/C17H21ClN4O6/c1-17(2,3)28-16(25)12-7-13(23)20-15(21(12)14(24)8-19)9-4-5-10(18)11(6-9)22(26)27/h4-6,12,15H,7-8,19H2,1-3H3,(H,20,23)/t12-,15-/m0/s1. The first-order valence-corrected chi connectivity index (χ1v) is 8.79. The number of nitro groups is 1. The molecule has 0 bridgehead atoms. The zero-order valence-corrected chi connectivity index (χ0v) is 16.4. The van der Waals surface area contributed by atoms with Crippen molar-refractivity contribution >= 4 is 35.1 Å². The molecule has 3 N–H and O–H groups in total. The lowest BCUT2D eigenvalue weighted by Gasteiger charge is -2.41. The van der Waals surface area contributed by atoms with E-state index >= 15 is 0 Å². The summed E-state index contributed by atoms with van der Waals surface area (Å²) in [6.45, 7) is 4.54. The van der Waals surface area contributed by atoms with E-state index in [-0.39, 0.29) is 17.0 Å². The second-order valence-corrected chi connectivity index (χ2v) is 7.60. The minimum atomic E-state index is -1.22. The molecule has 2 amide bonds. The number of esters is 1. The van der Waals surface area contributed by atoms with Crippen molar-refractivity contribution < 1.29 is 24.0 Å². The first-order chi connectivity index (χ1) is 12.9. The Bertz CT molecular complexity index is 822. The molecular formula is C17H21ClN4O6. The maximum atomic E-state index is 12.6. The van der Waals surface area contributed by atoms with Gasteiger partial charge in [0.1, 0.15) is 22.8 Å². The van der Waals surface area contributed by atoms with Gasteiger partial charge in [-0.3, -0.25) is 19.7 Å². The van der Waals surface area contributed by atoms with E-state index in [1.807, 2.05) is 0 Å². The van der Waals surface area contributed by atoms with Crippen molar-refractivity contribution in [2.45, 2.75) is 45.0 Å². The maximum Gasteiger partial charge on any atom is 0.330 e. The number of rotatable bonds is 4. The molecule has 1 aliphatic rings. The second kappa shape index (κ2) is 8.11. The molecule has 28 heavy (non-hydrogen) atoms. The number of halogens is 1. The fraction of sp³-hybridized carbons (Fsp3) is 0.471. The first-order valence-electron chi connectivity index (χ1n) is 8.42. The molecule has 0 aromatic heterocycles. The summed E-state index contributed by atoms with van der Waals surface area (Å²) in [5, 5.41) is 13.6. The number of carbonyl (C=O) groups is 3. The van der Waals surface area contributed by atoms with Crippen LogP contribution in [0.4, 0.5) is 5.69 Å². The Morgan fingerprint density at radius 1 is 1.43 bits per heavy atom. The van der Waals surface area contributed by atoms with E-state index in [0.717, 1.165) is 11.0 Å². The highest BCUT2D eigenvalue weighted by atomic mass is 35.5. The van der Waals surface area contributed by atoms with Crippen LogP contribution in [-0.2, 0) is 19.1 Å². The van der Waals surface area contributed by atoms with E-state index in [4.69, 9.17) is 22.1 Å². The van der Waals surface area contributed by atoms with Gasteiger partial charge < -0.3 is 20.7 Å². The largest absolute Gasteiger partial charge is 0.458 e. The molecule has 1 heterocycles. The summed E-state index contributed by atoms with van der Waals surface area (Å²) < 4.78 is 5.33. The van der Waals surface area contributed by atoms with Gasteiger partial charge in [0.25, 0.3) is 5.69 Å². The highest BCUT2D eigenvalue weighted by Crippen LogP contribution is 2.32. The van der Waals surface area contributed by atoms with Gasteiger partial charge in [0, 0.05) is 11.6 Å². The summed E-state index contributed by atoms with van der Waals surface area (Å²) >= 11 is 5.83. The van der Waals surface area contributed by atoms with Crippen LogP contribution in [0, 0.1) is 10.1 Å². The van der Waals surface area contributed by atoms with Gasteiger partial charge in [0.15, 0.2) is 0 Å². The quantitative estimate of drug-likeness (QED) is 0.430. The topological polar surface area (TPSA) is 145 Å². The molecule has 0 radical (unpaired) electrons. The monoisotopic (exact) mass is 412 g/mol. The second-order valence-electron chi connectivity index (χ2n) is 7.20. The van der Waals surface area contributed by atoms with Crippen LogP contribution in [0.1, 0.15) is 38.9 Å². The van der Waals surface area contributed by atoms with Crippen LogP contribution in [-0.4, -0.2) is 45.8 Å². The van der Waals surface area contributed by atoms with E-state index < -0.39 is 52.7 Å². The number of benzene rings is 1. The highest BCUT2D eigenvalue weighted by Gasteiger charge is 2.43. The lowest BCUT2D eigenvalue weighted by molar-refractivity contribution is -0.384. The maximum absolute atomic E-state index is 12.6. The van der Waals surface area contributed by atoms with Gasteiger partial charge in [0.05, 0.1) is 17.9 Å². The van der Waals surface area contributed by atoms with Crippen LogP contribution in [0.5, 0.6) is 0 Å². The smallest absolute Gasteiger partial charge is 0.330 e. The number of hydrogen-bond donors (Lipinski definition) is 2. The zero-order chi connectivity index (χ0) is 21.2. The van der Waals surface area contributed by atoms with E-state index in [1.54, 1.807) is 20.8 Å². The predicted molar refractivity (Wildman–Crippen MR) is 99.1 cm³/mol. The van der Waals surface area contributed by atoms with Gasteiger partial charge in [-0.25, -0.2) is 4.79 Å². The number of carbonyl (C=O) groups excluding carboxylic acids is 3. The van der Waals surface area contributed by atoms with E-state index in [2.05, 4.69) is 5.32 Å². The van der Waals surface area contributed by atoms with E-state index in [1.165, 1.54) is 12.1 Å². The minimum absolute atomic E-state index is 0.101. The first kappa shape index (κ1) is 21.6. The SMILES string of the molecule is CC(C)(C)OC(=O)[C@@H]1CC(=O)N[C@H](c2ccc(Cl)c([N+](=O)[O-])c2)N1C(=O)CN. The Morgan fingerprint density at radius 2 is 2.07 bits per heavy atom. The Hall–Kier alpha value is -2.72. The number of nitrogens with one attached hydrogen (secondary N) is 1. The summed E-state index contributed by atoms with van der Waals surface area (Å²) in [6, 6.07) is 2.63. The number of nitro benzene ring substituents is 1. The average molecular weight is 413 g/mol. The van der Waals surface area contributed by atoms with Gasteiger partial charge in [-0.15, -0.1) is 0 Å². The molecule has 1 saturated heterocycles. The number of hydrogen-bond acceptors (Lipinski definition) is 7.